The quantitative estimate of drug-likeness (QED) is 0.233. The van der Waals surface area contributed by atoms with Gasteiger partial charge in [0.15, 0.2) is 4.80 Å². The number of esters is 2. The van der Waals surface area contributed by atoms with Crippen LogP contribution >= 0.6 is 34.4 Å². The molecule has 13 heteroatoms. The first-order valence-electron chi connectivity index (χ1n) is 13.4. The van der Waals surface area contributed by atoms with Crippen molar-refractivity contribution in [2.45, 2.75) is 46.1 Å². The first-order chi connectivity index (χ1) is 19.9. The Kier molecular flexibility index (Phi) is 11.1. The van der Waals surface area contributed by atoms with Gasteiger partial charge in [0, 0.05) is 18.0 Å². The molecule has 10 nitrogen and oxygen atoms in total. The molecule has 2 aromatic heterocycles. The number of aryl methyl sites for hydroxylation is 1. The molecule has 0 fully saturated rings. The molecule has 1 aromatic carbocycles. The van der Waals surface area contributed by atoms with Crippen molar-refractivity contribution in [2.75, 3.05) is 43.8 Å². The Morgan fingerprint density at radius 2 is 1.85 bits per heavy atom. The van der Waals surface area contributed by atoms with Crippen LogP contribution in [0.3, 0.4) is 0 Å². The van der Waals surface area contributed by atoms with Gasteiger partial charge in [0.05, 0.1) is 53.2 Å². The first-order valence-corrected chi connectivity index (χ1v) is 16.2. The van der Waals surface area contributed by atoms with Gasteiger partial charge >= 0.3 is 11.9 Å². The fraction of sp³-hybridized carbons (Fsp3) is 0.464. The Bertz CT molecular complexity index is 1510. The van der Waals surface area contributed by atoms with E-state index in [0.717, 1.165) is 58.1 Å². The van der Waals surface area contributed by atoms with E-state index in [1.54, 1.807) is 19.1 Å². The maximum atomic E-state index is 12.8. The Balaban J connectivity index is 1.44. The summed E-state index contributed by atoms with van der Waals surface area (Å²) in [5.41, 5.74) is 2.69. The molecule has 4 rings (SSSR count). The molecule has 41 heavy (non-hydrogen) atoms. The number of thioether (sulfide) groups is 1. The predicted octanol–water partition coefficient (Wildman–Crippen LogP) is 4.44. The van der Waals surface area contributed by atoms with E-state index in [9.17, 15) is 19.2 Å². The van der Waals surface area contributed by atoms with Crippen molar-refractivity contribution in [1.29, 1.82) is 0 Å². The number of benzene rings is 1. The van der Waals surface area contributed by atoms with Crippen LogP contribution in [0.25, 0.3) is 10.2 Å². The van der Waals surface area contributed by atoms with Gasteiger partial charge in [-0.2, -0.15) is 4.99 Å². The molecule has 2 heterocycles. The third-order valence-corrected chi connectivity index (χ3v) is 9.52. The Labute approximate surface area is 250 Å². The van der Waals surface area contributed by atoms with Crippen molar-refractivity contribution in [2.24, 2.45) is 4.99 Å². The van der Waals surface area contributed by atoms with Gasteiger partial charge in [-0.25, -0.2) is 9.59 Å². The van der Waals surface area contributed by atoms with Crippen molar-refractivity contribution in [3.8, 4) is 0 Å². The summed E-state index contributed by atoms with van der Waals surface area (Å²) in [5, 5.41) is 3.36. The van der Waals surface area contributed by atoms with Crippen LogP contribution in [0.4, 0.5) is 5.00 Å². The fourth-order valence-electron chi connectivity index (χ4n) is 4.52. The van der Waals surface area contributed by atoms with Gasteiger partial charge in [-0.15, -0.1) is 23.1 Å². The van der Waals surface area contributed by atoms with E-state index in [1.807, 2.05) is 17.6 Å². The highest BCUT2D eigenvalue weighted by Gasteiger charge is 2.27. The van der Waals surface area contributed by atoms with Crippen LogP contribution in [-0.2, 0) is 43.2 Å². The SMILES string of the molecule is CCOCCn1c(=NC(=O)CSCC(=O)Nc2sc3c(c2C(=O)OC)CCCC3)sc2cc(C(=O)OCC)ccc21. The smallest absolute Gasteiger partial charge is 0.341 e. The molecule has 1 aliphatic carbocycles. The number of amides is 2. The van der Waals surface area contributed by atoms with Gasteiger partial charge in [-0.05, 0) is 63.3 Å². The number of methoxy groups -OCH3 is 1. The molecular formula is C28H33N3O7S3. The van der Waals surface area contributed by atoms with E-state index in [2.05, 4.69) is 10.3 Å². The number of carbonyl (C=O) groups excluding carboxylic acids is 4. The molecule has 0 saturated heterocycles. The van der Waals surface area contributed by atoms with Gasteiger partial charge < -0.3 is 24.1 Å². The number of nitrogens with one attached hydrogen (secondary N) is 1. The number of anilines is 1. The zero-order valence-corrected chi connectivity index (χ0v) is 25.7. The minimum absolute atomic E-state index is 0.00595. The van der Waals surface area contributed by atoms with Crippen LogP contribution in [0, 0.1) is 0 Å². The summed E-state index contributed by atoms with van der Waals surface area (Å²) >= 11 is 3.88. The third-order valence-electron chi connectivity index (χ3n) is 6.35. The summed E-state index contributed by atoms with van der Waals surface area (Å²) < 4.78 is 18.3. The monoisotopic (exact) mass is 619 g/mol. The van der Waals surface area contributed by atoms with Crippen molar-refractivity contribution < 1.29 is 33.4 Å². The van der Waals surface area contributed by atoms with Crippen LogP contribution in [0.1, 0.15) is 57.8 Å². The zero-order chi connectivity index (χ0) is 29.4. The molecule has 1 aliphatic rings. The van der Waals surface area contributed by atoms with Gasteiger partial charge in [-0.1, -0.05) is 11.3 Å². The predicted molar refractivity (Wildman–Crippen MR) is 161 cm³/mol. The summed E-state index contributed by atoms with van der Waals surface area (Å²) in [6, 6.07) is 5.25. The number of hydrogen-bond donors (Lipinski definition) is 1. The summed E-state index contributed by atoms with van der Waals surface area (Å²) in [4.78, 5) is 56.0. The number of rotatable bonds is 12. The van der Waals surface area contributed by atoms with E-state index in [-0.39, 0.29) is 29.9 Å². The molecule has 0 aliphatic heterocycles. The molecule has 0 atom stereocenters. The Morgan fingerprint density at radius 1 is 1.05 bits per heavy atom. The van der Waals surface area contributed by atoms with Gasteiger partial charge in [0.25, 0.3) is 5.91 Å². The highest BCUT2D eigenvalue weighted by Crippen LogP contribution is 2.38. The number of thiazole rings is 1. The average molecular weight is 620 g/mol. The lowest BCUT2D eigenvalue weighted by atomic mass is 9.95. The van der Waals surface area contributed by atoms with Crippen LogP contribution in [0.2, 0.25) is 0 Å². The fourth-order valence-corrected chi connectivity index (χ4v) is 7.53. The standard InChI is InChI=1S/C28H33N3O7S3/c1-4-37-13-12-31-19-11-10-17(26(34)38-5-2)14-21(19)41-28(31)30-23(33)16-39-15-22(32)29-25-24(27(35)36-3)18-8-6-7-9-20(18)40-25/h10-11,14H,4-9,12-13,15-16H2,1-3H3,(H,29,32). The molecule has 2 amide bonds. The summed E-state index contributed by atoms with van der Waals surface area (Å²) in [7, 11) is 1.34. The lowest BCUT2D eigenvalue weighted by molar-refractivity contribution is -0.115. The van der Waals surface area contributed by atoms with Crippen molar-refractivity contribution in [1.82, 2.24) is 4.57 Å². The summed E-state index contributed by atoms with van der Waals surface area (Å²) in [6.07, 6.45) is 3.74. The van der Waals surface area contributed by atoms with E-state index < -0.39 is 11.9 Å². The van der Waals surface area contributed by atoms with E-state index in [4.69, 9.17) is 14.2 Å². The number of fused-ring (bicyclic) bond motifs is 2. The zero-order valence-electron chi connectivity index (χ0n) is 23.3. The number of carbonyl (C=O) groups is 4. The number of nitrogens with zero attached hydrogens (tertiary/aromatic N) is 2. The van der Waals surface area contributed by atoms with Crippen LogP contribution in [-0.4, -0.2) is 66.8 Å². The van der Waals surface area contributed by atoms with Crippen molar-refractivity contribution in [3.05, 3.63) is 44.6 Å². The maximum absolute atomic E-state index is 12.8. The van der Waals surface area contributed by atoms with E-state index in [1.165, 1.54) is 29.8 Å². The first kappa shape index (κ1) is 30.9. The second kappa shape index (κ2) is 14.8. The summed E-state index contributed by atoms with van der Waals surface area (Å²) in [6.45, 7) is 5.44. The largest absolute Gasteiger partial charge is 0.465 e. The number of hydrogen-bond acceptors (Lipinski definition) is 10. The Hall–Kier alpha value is -3.00. The minimum atomic E-state index is -0.448. The second-order valence-electron chi connectivity index (χ2n) is 9.09. The number of ether oxygens (including phenoxy) is 3. The molecule has 0 spiro atoms. The van der Waals surface area contributed by atoms with Crippen molar-refractivity contribution in [3.63, 3.8) is 0 Å². The van der Waals surface area contributed by atoms with E-state index in [0.29, 0.717) is 40.7 Å². The van der Waals surface area contributed by atoms with Gasteiger partial charge in [-0.3, -0.25) is 9.59 Å². The molecule has 0 bridgehead atoms. The van der Waals surface area contributed by atoms with Crippen LogP contribution < -0.4 is 10.1 Å². The van der Waals surface area contributed by atoms with Crippen LogP contribution in [0.15, 0.2) is 23.2 Å². The topological polar surface area (TPSA) is 125 Å². The molecule has 3 aromatic rings. The Morgan fingerprint density at radius 3 is 2.61 bits per heavy atom. The lowest BCUT2D eigenvalue weighted by Crippen LogP contribution is -2.21. The van der Waals surface area contributed by atoms with Gasteiger partial charge in [0.2, 0.25) is 5.91 Å². The van der Waals surface area contributed by atoms with Crippen molar-refractivity contribution >= 4 is 73.4 Å². The molecule has 220 valence electrons. The number of thiophene rings is 1. The van der Waals surface area contributed by atoms with E-state index >= 15 is 0 Å². The molecule has 0 saturated carbocycles. The number of aromatic nitrogens is 1. The molecular weight excluding hydrogens is 587 g/mol. The van der Waals surface area contributed by atoms with Gasteiger partial charge in [0.1, 0.15) is 5.00 Å². The maximum Gasteiger partial charge on any atom is 0.341 e. The second-order valence-corrected chi connectivity index (χ2v) is 12.2. The third kappa shape index (κ3) is 7.64. The minimum Gasteiger partial charge on any atom is -0.465 e. The lowest BCUT2D eigenvalue weighted by Gasteiger charge is -2.11. The summed E-state index contributed by atoms with van der Waals surface area (Å²) in [5.74, 6) is -1.50. The molecule has 0 unspecified atom stereocenters. The average Bonchev–Trinajstić information content (AvgIpc) is 3.49. The highest BCUT2D eigenvalue weighted by atomic mass is 32.2. The normalized spacial score (nSPS) is 13.2. The molecule has 1 N–H and O–H groups in total. The molecule has 0 radical (unpaired) electrons. The van der Waals surface area contributed by atoms with Crippen LogP contribution in [0.5, 0.6) is 0 Å². The highest BCUT2D eigenvalue weighted by molar-refractivity contribution is 8.00.